The molecule has 4 atom stereocenters. The molecule has 4 rings (SSSR count). The van der Waals surface area contributed by atoms with Gasteiger partial charge >= 0.3 is 24.3 Å². The number of benzene rings is 2. The van der Waals surface area contributed by atoms with Crippen molar-refractivity contribution >= 4 is 43.8 Å². The number of alkyl halides is 6. The van der Waals surface area contributed by atoms with E-state index in [0.29, 0.717) is 24.3 Å². The first kappa shape index (κ1) is 35.3. The Labute approximate surface area is 275 Å². The number of nitrogens with zero attached hydrogens (tertiary/aromatic N) is 2. The third-order valence-electron chi connectivity index (χ3n) is 7.48. The maximum Gasteiger partial charge on any atom is 0.416 e. The summed E-state index contributed by atoms with van der Waals surface area (Å²) < 4.78 is 87.7. The zero-order chi connectivity index (χ0) is 35.3. The van der Waals surface area contributed by atoms with Gasteiger partial charge in [0, 0.05) is 33.1 Å². The number of allylic oxidation sites excluding steroid dienone is 2. The van der Waals surface area contributed by atoms with E-state index < -0.39 is 99.8 Å². The summed E-state index contributed by atoms with van der Waals surface area (Å²) in [5.41, 5.74) is -11.2. The fraction of sp³-hybridized carbons (Fsp3) is 0.214. The van der Waals surface area contributed by atoms with Crippen LogP contribution in [-0.4, -0.2) is 32.0 Å². The van der Waals surface area contributed by atoms with Gasteiger partial charge in [-0.2, -0.15) is 26.3 Å². The Balaban J connectivity index is 1.89. The van der Waals surface area contributed by atoms with Crippen LogP contribution in [-0.2, 0) is 37.8 Å². The van der Waals surface area contributed by atoms with Gasteiger partial charge in [0.2, 0.25) is 0 Å². The first-order valence-electron chi connectivity index (χ1n) is 12.7. The molecule has 0 aromatic heterocycles. The summed E-state index contributed by atoms with van der Waals surface area (Å²) in [5, 5.41) is 45.0. The molecule has 2 aromatic rings. The number of carboxylic acid groups (broad SMARTS) is 2. The van der Waals surface area contributed by atoms with Crippen molar-refractivity contribution in [3.05, 3.63) is 136 Å². The van der Waals surface area contributed by atoms with Crippen molar-refractivity contribution in [1.82, 2.24) is 0 Å². The Hall–Kier alpha value is -4.52. The minimum Gasteiger partial charge on any atom is -0.481 e. The van der Waals surface area contributed by atoms with Crippen LogP contribution in [0, 0.1) is 32.1 Å². The first-order chi connectivity index (χ1) is 21.7. The van der Waals surface area contributed by atoms with Crippen LogP contribution in [0.4, 0.5) is 26.3 Å². The van der Waals surface area contributed by atoms with E-state index in [0.717, 1.165) is 48.6 Å². The Morgan fingerprint density at radius 2 is 1.02 bits per heavy atom. The number of hydrogen-bond acceptors (Lipinski definition) is 7. The molecule has 19 heteroatoms. The third-order valence-corrected chi connectivity index (χ3v) is 9.18. The second-order valence-corrected chi connectivity index (χ2v) is 11.7. The van der Waals surface area contributed by atoms with Crippen molar-refractivity contribution < 1.29 is 60.7 Å². The van der Waals surface area contributed by atoms with Gasteiger partial charge < -0.3 is 14.9 Å². The molecule has 0 saturated carbocycles. The van der Waals surface area contributed by atoms with Crippen molar-refractivity contribution in [2.45, 2.75) is 23.4 Å². The first-order valence-corrected chi connectivity index (χ1v) is 14.2. The zero-order valence-corrected chi connectivity index (χ0v) is 25.9. The summed E-state index contributed by atoms with van der Waals surface area (Å²) in [6, 6.07) is 6.46. The lowest BCUT2D eigenvalue weighted by atomic mass is 9.73. The van der Waals surface area contributed by atoms with Crippen LogP contribution in [0.25, 0.3) is 0 Å². The van der Waals surface area contributed by atoms with Gasteiger partial charge in [0.05, 0.1) is 20.1 Å². The van der Waals surface area contributed by atoms with Gasteiger partial charge in [-0.3, -0.25) is 29.8 Å². The van der Waals surface area contributed by atoms with Gasteiger partial charge in [0.15, 0.2) is 11.8 Å². The smallest absolute Gasteiger partial charge is 0.416 e. The minimum atomic E-state index is -5.15. The Morgan fingerprint density at radius 3 is 1.30 bits per heavy atom. The van der Waals surface area contributed by atoms with Crippen molar-refractivity contribution in [3.63, 3.8) is 0 Å². The molecule has 0 aliphatic heterocycles. The summed E-state index contributed by atoms with van der Waals surface area (Å²) in [6.45, 7) is 0. The van der Waals surface area contributed by atoms with E-state index in [1.807, 2.05) is 0 Å². The maximum atomic E-state index is 13.9. The van der Waals surface area contributed by atoms with E-state index in [1.54, 1.807) is 0 Å². The van der Waals surface area contributed by atoms with Crippen LogP contribution in [0.5, 0.6) is 0 Å². The van der Waals surface area contributed by atoms with Gasteiger partial charge in [-0.05, 0) is 24.3 Å². The molecule has 2 aliphatic rings. The summed E-state index contributed by atoms with van der Waals surface area (Å²) in [7, 11) is 0. The maximum absolute atomic E-state index is 13.9. The predicted molar refractivity (Wildman–Crippen MR) is 154 cm³/mol. The highest BCUT2D eigenvalue weighted by atomic mass is 79.9. The second-order valence-electron chi connectivity index (χ2n) is 9.99. The summed E-state index contributed by atoms with van der Waals surface area (Å²) in [5.74, 6) is -10.0. The number of halogens is 8. The van der Waals surface area contributed by atoms with E-state index >= 15 is 0 Å². The second kappa shape index (κ2) is 12.3. The van der Waals surface area contributed by atoms with Gasteiger partial charge in [-0.1, -0.05) is 68.3 Å². The molecule has 0 radical (unpaired) electrons. The highest BCUT2D eigenvalue weighted by Crippen LogP contribution is 2.52. The molecule has 4 unspecified atom stereocenters. The van der Waals surface area contributed by atoms with Gasteiger partial charge in [-0.25, -0.2) is 0 Å². The molecule has 0 bridgehead atoms. The molecule has 2 aromatic carbocycles. The molecule has 0 saturated heterocycles. The van der Waals surface area contributed by atoms with Crippen molar-refractivity contribution in [2.24, 2.45) is 11.8 Å². The molecule has 2 aliphatic carbocycles. The van der Waals surface area contributed by atoms with E-state index in [1.165, 1.54) is 0 Å². The highest BCUT2D eigenvalue weighted by Gasteiger charge is 2.62. The van der Waals surface area contributed by atoms with Crippen LogP contribution in [0.2, 0.25) is 0 Å². The Kier molecular flexibility index (Phi) is 9.21. The minimum absolute atomic E-state index is 0.524. The number of hydrogen-bond donors (Lipinski definition) is 2. The van der Waals surface area contributed by atoms with Crippen molar-refractivity contribution in [2.75, 3.05) is 0 Å². The van der Waals surface area contributed by atoms with Gasteiger partial charge in [0.25, 0.3) is 11.1 Å². The van der Waals surface area contributed by atoms with Crippen LogP contribution in [0.3, 0.4) is 0 Å². The lowest BCUT2D eigenvalue weighted by Crippen LogP contribution is -2.48. The fourth-order valence-corrected chi connectivity index (χ4v) is 7.00. The third kappa shape index (κ3) is 5.81. The highest BCUT2D eigenvalue weighted by molar-refractivity contribution is 9.12. The normalized spacial score (nSPS) is 24.7. The average Bonchev–Trinajstić information content (AvgIpc) is 2.97. The molecule has 0 spiro atoms. The summed E-state index contributed by atoms with van der Waals surface area (Å²) in [4.78, 5) is 47.4. The van der Waals surface area contributed by atoms with E-state index in [-0.39, 0.29) is 0 Å². The van der Waals surface area contributed by atoms with Crippen molar-refractivity contribution in [1.29, 1.82) is 0 Å². The number of carboxylic acids is 2. The Bertz CT molecular complexity index is 1690. The molecular weight excluding hydrogens is 782 g/mol. The van der Waals surface area contributed by atoms with Crippen LogP contribution in [0.15, 0.2) is 93.3 Å². The number of carbonyl (C=O) groups is 2. The lowest BCUT2D eigenvalue weighted by molar-refractivity contribution is -0.570. The van der Waals surface area contributed by atoms with Gasteiger partial charge in [-0.15, -0.1) is 0 Å². The largest absolute Gasteiger partial charge is 0.481 e. The average molecular weight is 798 g/mol. The SMILES string of the molecule is O=C(O)C1C(Br)=C(OC2=C(Br)C(C(=O)O)C(c3ccccc3C(F)(F)F)([N+](=O)[O-])C=C2)C=CC1(c1ccccc1C(F)(F)F)[N+](=O)[O-]. The fourth-order valence-electron chi connectivity index (χ4n) is 5.48. The quantitative estimate of drug-likeness (QED) is 0.160. The predicted octanol–water partition coefficient (Wildman–Crippen LogP) is 7.14. The van der Waals surface area contributed by atoms with Crippen LogP contribution >= 0.6 is 31.9 Å². The number of ether oxygens (including phenoxy) is 1. The topological polar surface area (TPSA) is 170 Å². The molecule has 0 amide bonds. The van der Waals surface area contributed by atoms with E-state index in [2.05, 4.69) is 31.9 Å². The molecule has 248 valence electrons. The molecule has 0 fully saturated rings. The molecular formula is C28H16Br2F6N2O9. The summed E-state index contributed by atoms with van der Waals surface area (Å²) >= 11 is 5.74. The lowest BCUT2D eigenvalue weighted by Gasteiger charge is -2.35. The summed E-state index contributed by atoms with van der Waals surface area (Å²) in [6.07, 6.45) is -7.74. The number of aliphatic carboxylic acids is 2. The molecule has 11 nitrogen and oxygen atoms in total. The van der Waals surface area contributed by atoms with Gasteiger partial charge in [0.1, 0.15) is 11.5 Å². The number of nitro groups is 2. The standard InChI is InChI=1S/C28H16Br2F6N2O9/c29-21-17(9-11-25(37(43)44,19(21)23(39)40)13-5-1-3-7-15(13)27(31,32)33)47-18-10-12-26(38(45)46,20(22(18)30)24(41)42)14-6-2-4-8-16(14)28(34,35)36/h1-12,19-20H,(H,39,40)(H,41,42). The Morgan fingerprint density at radius 1 is 0.702 bits per heavy atom. The van der Waals surface area contributed by atoms with Crippen molar-refractivity contribution in [3.8, 4) is 0 Å². The van der Waals surface area contributed by atoms with E-state index in [4.69, 9.17) is 4.74 Å². The van der Waals surface area contributed by atoms with Crippen LogP contribution in [0.1, 0.15) is 22.3 Å². The van der Waals surface area contributed by atoms with E-state index in [9.17, 15) is 66.4 Å². The zero-order valence-electron chi connectivity index (χ0n) is 22.8. The molecule has 2 N–H and O–H groups in total. The molecule has 0 heterocycles. The molecule has 47 heavy (non-hydrogen) atoms. The monoisotopic (exact) mass is 796 g/mol. The van der Waals surface area contributed by atoms with Crippen LogP contribution < -0.4 is 0 Å². The number of rotatable bonds is 8.